The molecule has 90 valence electrons. The number of hydrogen-bond donors (Lipinski definition) is 1. The maximum absolute atomic E-state index is 10.4. The Labute approximate surface area is 113 Å². The Balaban J connectivity index is 2.42. The first kappa shape index (κ1) is 12.6. The van der Waals surface area contributed by atoms with Gasteiger partial charge in [-0.15, -0.1) is 11.3 Å². The number of aliphatic hydroxyl groups is 1. The van der Waals surface area contributed by atoms with Gasteiger partial charge in [-0.3, -0.25) is 0 Å². The maximum atomic E-state index is 10.4. The summed E-state index contributed by atoms with van der Waals surface area (Å²) in [7, 11) is 1.62. The summed E-state index contributed by atoms with van der Waals surface area (Å²) in [6, 6.07) is 9.67. The summed E-state index contributed by atoms with van der Waals surface area (Å²) in [5.74, 6) is 0.715. The molecular weight excluding hydrogens is 300 g/mol. The van der Waals surface area contributed by atoms with Crippen molar-refractivity contribution in [2.24, 2.45) is 0 Å². The summed E-state index contributed by atoms with van der Waals surface area (Å²) in [4.78, 5) is 0.903. The van der Waals surface area contributed by atoms with E-state index < -0.39 is 6.10 Å². The largest absolute Gasteiger partial charge is 0.496 e. The SMILES string of the molecule is COc1ccc(C)cc1C(O)c1ccc(Br)s1. The van der Waals surface area contributed by atoms with Crippen molar-refractivity contribution < 1.29 is 9.84 Å². The molecule has 0 spiro atoms. The quantitative estimate of drug-likeness (QED) is 0.931. The smallest absolute Gasteiger partial charge is 0.125 e. The van der Waals surface area contributed by atoms with Crippen molar-refractivity contribution in [1.29, 1.82) is 0 Å². The highest BCUT2D eigenvalue weighted by Crippen LogP contribution is 2.35. The topological polar surface area (TPSA) is 29.5 Å². The lowest BCUT2D eigenvalue weighted by Gasteiger charge is -2.14. The van der Waals surface area contributed by atoms with Crippen LogP contribution in [0.2, 0.25) is 0 Å². The van der Waals surface area contributed by atoms with E-state index in [1.807, 2.05) is 37.3 Å². The predicted octanol–water partition coefficient (Wildman–Crippen LogP) is 3.91. The minimum absolute atomic E-state index is 0.638. The molecule has 0 aliphatic carbocycles. The zero-order chi connectivity index (χ0) is 12.4. The number of thiophene rings is 1. The van der Waals surface area contributed by atoms with Gasteiger partial charge in [0.2, 0.25) is 0 Å². The molecule has 1 atom stereocenters. The van der Waals surface area contributed by atoms with Crippen molar-refractivity contribution in [3.05, 3.63) is 50.1 Å². The highest BCUT2D eigenvalue weighted by atomic mass is 79.9. The van der Waals surface area contributed by atoms with Crippen molar-refractivity contribution in [1.82, 2.24) is 0 Å². The third-order valence-electron chi connectivity index (χ3n) is 2.54. The van der Waals surface area contributed by atoms with Crippen molar-refractivity contribution in [2.75, 3.05) is 7.11 Å². The van der Waals surface area contributed by atoms with Gasteiger partial charge >= 0.3 is 0 Å². The zero-order valence-corrected chi connectivity index (χ0v) is 12.0. The number of rotatable bonds is 3. The fourth-order valence-electron chi connectivity index (χ4n) is 1.70. The molecule has 0 fully saturated rings. The van der Waals surface area contributed by atoms with Crippen molar-refractivity contribution in [2.45, 2.75) is 13.0 Å². The fourth-order valence-corrected chi connectivity index (χ4v) is 3.12. The highest BCUT2D eigenvalue weighted by Gasteiger charge is 2.17. The number of hydrogen-bond acceptors (Lipinski definition) is 3. The Kier molecular flexibility index (Phi) is 3.86. The Bertz CT molecular complexity index is 522. The van der Waals surface area contributed by atoms with Gasteiger partial charge in [-0.05, 0) is 47.1 Å². The van der Waals surface area contributed by atoms with Crippen LogP contribution in [0.3, 0.4) is 0 Å². The van der Waals surface area contributed by atoms with Crippen LogP contribution in [0.1, 0.15) is 22.1 Å². The monoisotopic (exact) mass is 312 g/mol. The third-order valence-corrected chi connectivity index (χ3v) is 4.22. The standard InChI is InChI=1S/C13H13BrO2S/c1-8-3-4-10(16-2)9(7-8)13(15)11-5-6-12(14)17-11/h3-7,13,15H,1-2H3. The number of halogens is 1. The van der Waals surface area contributed by atoms with Crippen molar-refractivity contribution >= 4 is 27.3 Å². The van der Waals surface area contributed by atoms with Crippen LogP contribution in [-0.4, -0.2) is 12.2 Å². The molecule has 0 aliphatic rings. The number of ether oxygens (including phenoxy) is 1. The summed E-state index contributed by atoms with van der Waals surface area (Å²) >= 11 is 4.93. The van der Waals surface area contributed by atoms with Gasteiger partial charge in [-0.2, -0.15) is 0 Å². The second-order valence-corrected chi connectivity index (χ2v) is 6.28. The molecule has 2 nitrogen and oxygen atoms in total. The van der Waals surface area contributed by atoms with Gasteiger partial charge < -0.3 is 9.84 Å². The van der Waals surface area contributed by atoms with Gasteiger partial charge in [0.25, 0.3) is 0 Å². The molecule has 1 heterocycles. The second-order valence-electron chi connectivity index (χ2n) is 3.79. The predicted molar refractivity (Wildman–Crippen MR) is 73.8 cm³/mol. The molecule has 1 aromatic carbocycles. The molecule has 2 aromatic rings. The van der Waals surface area contributed by atoms with Crippen LogP contribution in [0.25, 0.3) is 0 Å². The highest BCUT2D eigenvalue weighted by molar-refractivity contribution is 9.11. The normalized spacial score (nSPS) is 12.5. The van der Waals surface area contributed by atoms with E-state index in [9.17, 15) is 5.11 Å². The van der Waals surface area contributed by atoms with E-state index in [1.54, 1.807) is 7.11 Å². The first-order chi connectivity index (χ1) is 8.11. The van der Waals surface area contributed by atoms with Crippen LogP contribution in [0.15, 0.2) is 34.1 Å². The van der Waals surface area contributed by atoms with Crippen LogP contribution in [0.5, 0.6) is 5.75 Å². The minimum atomic E-state index is -0.638. The maximum Gasteiger partial charge on any atom is 0.125 e. The molecule has 0 radical (unpaired) electrons. The molecule has 0 aliphatic heterocycles. The molecule has 0 bridgehead atoms. The van der Waals surface area contributed by atoms with E-state index in [4.69, 9.17) is 4.74 Å². The Hall–Kier alpha value is -0.840. The molecular formula is C13H13BrO2S. The molecule has 1 aromatic heterocycles. The summed E-state index contributed by atoms with van der Waals surface area (Å²) in [6.45, 7) is 2.00. The average molecular weight is 313 g/mol. The van der Waals surface area contributed by atoms with E-state index in [0.29, 0.717) is 5.75 Å². The Morgan fingerprint density at radius 1 is 1.29 bits per heavy atom. The third kappa shape index (κ3) is 2.70. The molecule has 2 rings (SSSR count). The Morgan fingerprint density at radius 3 is 2.65 bits per heavy atom. The van der Waals surface area contributed by atoms with Crippen molar-refractivity contribution in [3.8, 4) is 5.75 Å². The molecule has 0 amide bonds. The van der Waals surface area contributed by atoms with Crippen molar-refractivity contribution in [3.63, 3.8) is 0 Å². The summed E-state index contributed by atoms with van der Waals surface area (Å²) in [6.07, 6.45) is -0.638. The first-order valence-electron chi connectivity index (χ1n) is 5.19. The van der Waals surface area contributed by atoms with E-state index >= 15 is 0 Å². The van der Waals surface area contributed by atoms with E-state index in [2.05, 4.69) is 15.9 Å². The van der Waals surface area contributed by atoms with Gasteiger partial charge in [-0.1, -0.05) is 11.6 Å². The lowest BCUT2D eigenvalue weighted by atomic mass is 10.0. The second kappa shape index (κ2) is 5.21. The summed E-state index contributed by atoms with van der Waals surface area (Å²) in [5.41, 5.74) is 1.91. The molecule has 1 unspecified atom stereocenters. The van der Waals surface area contributed by atoms with Gasteiger partial charge in [-0.25, -0.2) is 0 Å². The lowest BCUT2D eigenvalue weighted by molar-refractivity contribution is 0.218. The molecule has 0 saturated heterocycles. The number of methoxy groups -OCH3 is 1. The van der Waals surface area contributed by atoms with Crippen LogP contribution in [0.4, 0.5) is 0 Å². The summed E-state index contributed by atoms with van der Waals surface area (Å²) < 4.78 is 6.29. The minimum Gasteiger partial charge on any atom is -0.496 e. The molecule has 1 N–H and O–H groups in total. The van der Waals surface area contributed by atoms with Gasteiger partial charge in [0.1, 0.15) is 11.9 Å². The van der Waals surface area contributed by atoms with Crippen LogP contribution in [0, 0.1) is 6.92 Å². The van der Waals surface area contributed by atoms with E-state index in [0.717, 1.165) is 19.8 Å². The zero-order valence-electron chi connectivity index (χ0n) is 9.61. The summed E-state index contributed by atoms with van der Waals surface area (Å²) in [5, 5.41) is 10.4. The first-order valence-corrected chi connectivity index (χ1v) is 6.80. The van der Waals surface area contributed by atoms with E-state index in [-0.39, 0.29) is 0 Å². The van der Waals surface area contributed by atoms with Gasteiger partial charge in [0.15, 0.2) is 0 Å². The van der Waals surface area contributed by atoms with Gasteiger partial charge in [0, 0.05) is 10.4 Å². The van der Waals surface area contributed by atoms with Crippen LogP contribution >= 0.6 is 27.3 Å². The number of aryl methyl sites for hydroxylation is 1. The molecule has 4 heteroatoms. The van der Waals surface area contributed by atoms with Gasteiger partial charge in [0.05, 0.1) is 10.9 Å². The Morgan fingerprint density at radius 2 is 2.06 bits per heavy atom. The van der Waals surface area contributed by atoms with Crippen LogP contribution < -0.4 is 4.74 Å². The fraction of sp³-hybridized carbons (Fsp3) is 0.231. The molecule has 17 heavy (non-hydrogen) atoms. The average Bonchev–Trinajstić information content (AvgIpc) is 2.75. The number of benzene rings is 1. The number of aliphatic hydroxyl groups excluding tert-OH is 1. The molecule has 0 saturated carbocycles. The van der Waals surface area contributed by atoms with E-state index in [1.165, 1.54) is 11.3 Å². The lowest BCUT2D eigenvalue weighted by Crippen LogP contribution is -2.01. The van der Waals surface area contributed by atoms with Crippen LogP contribution in [-0.2, 0) is 0 Å².